The maximum atomic E-state index is 9.59. The van der Waals surface area contributed by atoms with Crippen molar-refractivity contribution in [3.63, 3.8) is 0 Å². The highest BCUT2D eigenvalue weighted by atomic mass is 32.2. The SMILES string of the molecule is CC(O)Sc1ccccc1Sc1ccccc1SC(C)O. The maximum Gasteiger partial charge on any atom is 0.101 e. The summed E-state index contributed by atoms with van der Waals surface area (Å²) in [6.45, 7) is 3.53. The largest absolute Gasteiger partial charge is 0.382 e. The molecule has 2 rings (SSSR count). The lowest BCUT2D eigenvalue weighted by molar-refractivity contribution is 0.283. The molecule has 0 fully saturated rings. The van der Waals surface area contributed by atoms with Crippen molar-refractivity contribution in [1.29, 1.82) is 0 Å². The molecule has 0 radical (unpaired) electrons. The van der Waals surface area contributed by atoms with E-state index in [1.165, 1.54) is 23.5 Å². The molecule has 0 aliphatic heterocycles. The topological polar surface area (TPSA) is 40.5 Å². The molecule has 0 saturated heterocycles. The summed E-state index contributed by atoms with van der Waals surface area (Å²) in [5.74, 6) is 0. The van der Waals surface area contributed by atoms with E-state index in [1.54, 1.807) is 25.6 Å². The van der Waals surface area contributed by atoms with Gasteiger partial charge in [0.2, 0.25) is 0 Å². The van der Waals surface area contributed by atoms with E-state index in [1.807, 2.05) is 36.4 Å². The predicted octanol–water partition coefficient (Wildman–Crippen LogP) is 4.70. The quantitative estimate of drug-likeness (QED) is 0.590. The molecule has 2 nitrogen and oxygen atoms in total. The number of hydrogen-bond acceptors (Lipinski definition) is 5. The maximum absolute atomic E-state index is 9.59. The second-order valence-electron chi connectivity index (χ2n) is 4.43. The van der Waals surface area contributed by atoms with E-state index in [0.717, 1.165) is 19.6 Å². The highest BCUT2D eigenvalue weighted by molar-refractivity contribution is 8.03. The monoisotopic (exact) mass is 338 g/mol. The number of aliphatic hydroxyl groups is 2. The molecule has 0 heterocycles. The Morgan fingerprint density at radius 3 is 1.33 bits per heavy atom. The third-order valence-corrected chi connectivity index (χ3v) is 5.83. The Balaban J connectivity index is 2.26. The third kappa shape index (κ3) is 5.27. The van der Waals surface area contributed by atoms with Crippen LogP contribution in [0.2, 0.25) is 0 Å². The molecule has 2 atom stereocenters. The van der Waals surface area contributed by atoms with Crippen molar-refractivity contribution in [2.45, 2.75) is 44.3 Å². The van der Waals surface area contributed by atoms with Crippen LogP contribution in [0.4, 0.5) is 0 Å². The van der Waals surface area contributed by atoms with Crippen molar-refractivity contribution < 1.29 is 10.2 Å². The van der Waals surface area contributed by atoms with Gasteiger partial charge in [-0.1, -0.05) is 59.6 Å². The highest BCUT2D eigenvalue weighted by Gasteiger charge is 2.11. The zero-order valence-corrected chi connectivity index (χ0v) is 14.3. The van der Waals surface area contributed by atoms with E-state index in [-0.39, 0.29) is 0 Å². The minimum atomic E-state index is -0.436. The van der Waals surface area contributed by atoms with E-state index < -0.39 is 10.9 Å². The van der Waals surface area contributed by atoms with Gasteiger partial charge in [-0.3, -0.25) is 0 Å². The van der Waals surface area contributed by atoms with Gasteiger partial charge in [-0.05, 0) is 38.1 Å². The molecular weight excluding hydrogens is 320 g/mol. The average Bonchev–Trinajstić information content (AvgIpc) is 2.42. The first-order valence-corrected chi connectivity index (χ1v) is 9.19. The molecule has 0 spiro atoms. The lowest BCUT2D eigenvalue weighted by Crippen LogP contribution is -1.93. The van der Waals surface area contributed by atoms with Crippen LogP contribution in [0.15, 0.2) is 68.1 Å². The molecule has 2 unspecified atom stereocenters. The fourth-order valence-electron chi connectivity index (χ4n) is 1.75. The van der Waals surface area contributed by atoms with E-state index in [9.17, 15) is 10.2 Å². The summed E-state index contributed by atoms with van der Waals surface area (Å²) < 4.78 is 0. The van der Waals surface area contributed by atoms with Crippen LogP contribution in [0.3, 0.4) is 0 Å². The Labute approximate surface area is 138 Å². The second kappa shape index (κ2) is 8.15. The molecule has 0 amide bonds. The van der Waals surface area contributed by atoms with Crippen LogP contribution in [-0.4, -0.2) is 21.1 Å². The van der Waals surface area contributed by atoms with Crippen LogP contribution >= 0.6 is 35.3 Å². The Morgan fingerprint density at radius 1 is 0.667 bits per heavy atom. The van der Waals surface area contributed by atoms with Gasteiger partial charge in [0.25, 0.3) is 0 Å². The Kier molecular flexibility index (Phi) is 6.51. The van der Waals surface area contributed by atoms with Crippen molar-refractivity contribution >= 4 is 35.3 Å². The molecule has 0 aromatic heterocycles. The molecule has 2 aromatic rings. The van der Waals surface area contributed by atoms with Crippen molar-refractivity contribution in [1.82, 2.24) is 0 Å². The first-order valence-electron chi connectivity index (χ1n) is 6.61. The molecule has 0 aliphatic carbocycles. The van der Waals surface area contributed by atoms with Crippen molar-refractivity contribution in [2.24, 2.45) is 0 Å². The molecule has 0 aliphatic rings. The van der Waals surface area contributed by atoms with Crippen molar-refractivity contribution in [2.75, 3.05) is 0 Å². The number of thioether (sulfide) groups is 2. The van der Waals surface area contributed by atoms with Crippen molar-refractivity contribution in [3.8, 4) is 0 Å². The fraction of sp³-hybridized carbons (Fsp3) is 0.250. The molecule has 0 bridgehead atoms. The van der Waals surface area contributed by atoms with Gasteiger partial charge in [0, 0.05) is 19.6 Å². The molecule has 2 N–H and O–H groups in total. The lowest BCUT2D eigenvalue weighted by atomic mass is 10.4. The molecular formula is C16H18O2S3. The summed E-state index contributed by atoms with van der Waals surface area (Å²) >= 11 is 4.55. The Morgan fingerprint density at radius 2 is 1.00 bits per heavy atom. The second-order valence-corrected chi connectivity index (χ2v) is 8.23. The van der Waals surface area contributed by atoms with E-state index in [2.05, 4.69) is 12.1 Å². The van der Waals surface area contributed by atoms with Crippen LogP contribution < -0.4 is 0 Å². The van der Waals surface area contributed by atoms with Crippen molar-refractivity contribution in [3.05, 3.63) is 48.5 Å². The number of rotatable bonds is 6. The zero-order chi connectivity index (χ0) is 15.2. The van der Waals surface area contributed by atoms with E-state index >= 15 is 0 Å². The average molecular weight is 339 g/mol. The van der Waals surface area contributed by atoms with Gasteiger partial charge in [-0.25, -0.2) is 0 Å². The van der Waals surface area contributed by atoms with Gasteiger partial charge in [-0.15, -0.1) is 0 Å². The van der Waals surface area contributed by atoms with Gasteiger partial charge in [-0.2, -0.15) is 0 Å². The van der Waals surface area contributed by atoms with Crippen LogP contribution in [0.5, 0.6) is 0 Å². The summed E-state index contributed by atoms with van der Waals surface area (Å²) in [6.07, 6.45) is 0. The zero-order valence-electron chi connectivity index (χ0n) is 11.9. The Hall–Kier alpha value is -0.590. The van der Waals surface area contributed by atoms with Crippen LogP contribution in [-0.2, 0) is 0 Å². The van der Waals surface area contributed by atoms with Gasteiger partial charge in [0.05, 0.1) is 0 Å². The fourth-order valence-corrected chi connectivity index (χ4v) is 4.57. The minimum Gasteiger partial charge on any atom is -0.382 e. The van der Waals surface area contributed by atoms with Crippen LogP contribution in [0, 0.1) is 0 Å². The summed E-state index contributed by atoms with van der Waals surface area (Å²) in [5, 5.41) is 19.2. The third-order valence-electron chi connectivity index (χ3n) is 2.51. The van der Waals surface area contributed by atoms with Crippen LogP contribution in [0.25, 0.3) is 0 Å². The van der Waals surface area contributed by atoms with Gasteiger partial charge in [0.15, 0.2) is 0 Å². The minimum absolute atomic E-state index is 0.436. The molecule has 2 aromatic carbocycles. The summed E-state index contributed by atoms with van der Waals surface area (Å²) in [4.78, 5) is 4.35. The number of benzene rings is 2. The summed E-state index contributed by atoms with van der Waals surface area (Å²) in [7, 11) is 0. The van der Waals surface area contributed by atoms with E-state index in [0.29, 0.717) is 0 Å². The van der Waals surface area contributed by atoms with Crippen LogP contribution in [0.1, 0.15) is 13.8 Å². The summed E-state index contributed by atoms with van der Waals surface area (Å²) in [6, 6.07) is 16.1. The number of hydrogen-bond donors (Lipinski definition) is 2. The Bertz CT molecular complexity index is 534. The first-order chi connectivity index (χ1) is 10.1. The lowest BCUT2D eigenvalue weighted by Gasteiger charge is -2.13. The number of aliphatic hydroxyl groups excluding tert-OH is 2. The molecule has 112 valence electrons. The van der Waals surface area contributed by atoms with Gasteiger partial charge >= 0.3 is 0 Å². The van der Waals surface area contributed by atoms with E-state index in [4.69, 9.17) is 0 Å². The standard InChI is InChI=1S/C16H18O2S3/c1-11(17)19-13-7-3-5-9-15(13)21-16-10-6-4-8-14(16)20-12(2)18/h3-12,17-18H,1-2H3. The molecule has 5 heteroatoms. The molecule has 21 heavy (non-hydrogen) atoms. The van der Waals surface area contributed by atoms with Gasteiger partial charge < -0.3 is 10.2 Å². The molecule has 0 saturated carbocycles. The predicted molar refractivity (Wildman–Crippen MR) is 92.1 cm³/mol. The first kappa shape index (κ1) is 16.8. The summed E-state index contributed by atoms with van der Waals surface area (Å²) in [5.41, 5.74) is -0.873. The normalized spacial score (nSPS) is 13.9. The highest BCUT2D eigenvalue weighted by Crippen LogP contribution is 2.40. The smallest absolute Gasteiger partial charge is 0.101 e. The van der Waals surface area contributed by atoms with Gasteiger partial charge in [0.1, 0.15) is 10.9 Å².